The van der Waals surface area contributed by atoms with Gasteiger partial charge in [0.15, 0.2) is 0 Å². The third kappa shape index (κ3) is 2.90. The van der Waals surface area contributed by atoms with Crippen LogP contribution in [0.2, 0.25) is 0 Å². The molecule has 1 saturated heterocycles. The van der Waals surface area contributed by atoms with Gasteiger partial charge in [0.2, 0.25) is 5.91 Å². The van der Waals surface area contributed by atoms with Crippen LogP contribution in [0.3, 0.4) is 0 Å². The third-order valence-electron chi connectivity index (χ3n) is 4.38. The highest BCUT2D eigenvalue weighted by molar-refractivity contribution is 5.80. The van der Waals surface area contributed by atoms with Crippen LogP contribution >= 0.6 is 0 Å². The fourth-order valence-electron chi connectivity index (χ4n) is 3.01. The zero-order chi connectivity index (χ0) is 15.5. The van der Waals surface area contributed by atoms with Crippen molar-refractivity contribution < 1.29 is 4.79 Å². The molecule has 1 aliphatic heterocycles. The van der Waals surface area contributed by atoms with Gasteiger partial charge in [-0.15, -0.1) is 0 Å². The van der Waals surface area contributed by atoms with Crippen molar-refractivity contribution in [3.63, 3.8) is 0 Å². The molecule has 2 atom stereocenters. The Hall–Kier alpha value is -2.14. The van der Waals surface area contributed by atoms with E-state index >= 15 is 0 Å². The lowest BCUT2D eigenvalue weighted by atomic mass is 10.0. The Morgan fingerprint density at radius 1 is 1.27 bits per heavy atom. The van der Waals surface area contributed by atoms with Crippen LogP contribution in [0.5, 0.6) is 0 Å². The molecule has 2 heterocycles. The molecule has 116 valence electrons. The molecule has 0 aliphatic carbocycles. The van der Waals surface area contributed by atoms with Crippen LogP contribution < -0.4 is 0 Å². The van der Waals surface area contributed by atoms with E-state index in [4.69, 9.17) is 0 Å². The number of benzene rings is 1. The van der Waals surface area contributed by atoms with Crippen molar-refractivity contribution in [2.24, 2.45) is 0 Å². The van der Waals surface area contributed by atoms with Gasteiger partial charge in [-0.2, -0.15) is 0 Å². The van der Waals surface area contributed by atoms with E-state index in [1.165, 1.54) is 5.56 Å². The van der Waals surface area contributed by atoms with Gasteiger partial charge in [0.05, 0.1) is 12.4 Å². The van der Waals surface area contributed by atoms with Gasteiger partial charge in [0, 0.05) is 32.0 Å². The molecule has 0 N–H and O–H groups in total. The number of hydrogen-bond donors (Lipinski definition) is 0. The molecule has 0 saturated carbocycles. The number of piperazine rings is 1. The Balaban J connectivity index is 1.85. The first kappa shape index (κ1) is 14.8. The molecular formula is C17H22N4O. The van der Waals surface area contributed by atoms with Crippen molar-refractivity contribution in [1.82, 2.24) is 19.4 Å². The highest BCUT2D eigenvalue weighted by Gasteiger charge is 2.32. The van der Waals surface area contributed by atoms with Gasteiger partial charge >= 0.3 is 0 Å². The minimum atomic E-state index is -0.225. The van der Waals surface area contributed by atoms with Crippen LogP contribution in [-0.2, 0) is 4.79 Å². The van der Waals surface area contributed by atoms with Gasteiger partial charge in [0.25, 0.3) is 0 Å². The Labute approximate surface area is 131 Å². The van der Waals surface area contributed by atoms with E-state index in [-0.39, 0.29) is 18.0 Å². The van der Waals surface area contributed by atoms with Crippen LogP contribution in [-0.4, -0.2) is 51.9 Å². The molecular weight excluding hydrogens is 276 g/mol. The number of carbonyl (C=O) groups is 1. The zero-order valence-corrected chi connectivity index (χ0v) is 13.1. The summed E-state index contributed by atoms with van der Waals surface area (Å²) in [6.07, 6.45) is 5.26. The summed E-state index contributed by atoms with van der Waals surface area (Å²) >= 11 is 0. The van der Waals surface area contributed by atoms with Gasteiger partial charge in [-0.25, -0.2) is 4.98 Å². The lowest BCUT2D eigenvalue weighted by Gasteiger charge is -2.41. The molecule has 0 unspecified atom stereocenters. The summed E-state index contributed by atoms with van der Waals surface area (Å²) in [5, 5.41) is 0. The summed E-state index contributed by atoms with van der Waals surface area (Å²) in [5.41, 5.74) is 1.19. The minimum Gasteiger partial charge on any atom is -0.331 e. The topological polar surface area (TPSA) is 41.4 Å². The predicted octanol–water partition coefficient (Wildman–Crippen LogP) is 1.96. The third-order valence-corrected chi connectivity index (χ3v) is 4.38. The number of amides is 1. The van der Waals surface area contributed by atoms with E-state index in [9.17, 15) is 4.79 Å². The monoisotopic (exact) mass is 298 g/mol. The largest absolute Gasteiger partial charge is 0.331 e. The maximum atomic E-state index is 12.9. The molecule has 1 aliphatic rings. The van der Waals surface area contributed by atoms with Crippen molar-refractivity contribution in [2.45, 2.75) is 19.0 Å². The van der Waals surface area contributed by atoms with Gasteiger partial charge in [-0.1, -0.05) is 30.3 Å². The second-order valence-corrected chi connectivity index (χ2v) is 5.91. The maximum Gasteiger partial charge on any atom is 0.245 e. The molecule has 5 heteroatoms. The van der Waals surface area contributed by atoms with Gasteiger partial charge in [0.1, 0.15) is 6.04 Å². The van der Waals surface area contributed by atoms with Gasteiger partial charge in [-0.3, -0.25) is 4.79 Å². The number of aromatic nitrogens is 2. The van der Waals surface area contributed by atoms with E-state index in [2.05, 4.69) is 29.1 Å². The molecule has 22 heavy (non-hydrogen) atoms. The van der Waals surface area contributed by atoms with Crippen LogP contribution in [0.25, 0.3) is 0 Å². The normalized spacial score (nSPS) is 20.8. The average Bonchev–Trinajstić information content (AvgIpc) is 3.09. The molecule has 0 radical (unpaired) electrons. The molecule has 2 aromatic rings. The molecule has 0 bridgehead atoms. The average molecular weight is 298 g/mol. The molecule has 1 aromatic carbocycles. The molecule has 1 aromatic heterocycles. The Kier molecular flexibility index (Phi) is 4.24. The van der Waals surface area contributed by atoms with E-state index in [1.54, 1.807) is 12.5 Å². The van der Waals surface area contributed by atoms with Gasteiger partial charge in [-0.05, 0) is 19.5 Å². The fourth-order valence-corrected chi connectivity index (χ4v) is 3.01. The van der Waals surface area contributed by atoms with Crippen molar-refractivity contribution in [3.05, 3.63) is 54.6 Å². The molecule has 3 rings (SSSR count). The zero-order valence-electron chi connectivity index (χ0n) is 13.1. The fraction of sp³-hybridized carbons (Fsp3) is 0.412. The van der Waals surface area contributed by atoms with Crippen LogP contribution in [0.15, 0.2) is 49.1 Å². The number of likely N-dealkylation sites (N-methyl/N-ethyl adjacent to an activating group) is 1. The second kappa shape index (κ2) is 6.32. The van der Waals surface area contributed by atoms with E-state index in [0.29, 0.717) is 0 Å². The Morgan fingerprint density at radius 3 is 2.73 bits per heavy atom. The quantitative estimate of drug-likeness (QED) is 0.870. The summed E-state index contributed by atoms with van der Waals surface area (Å²) in [6, 6.07) is 10.2. The van der Waals surface area contributed by atoms with Crippen molar-refractivity contribution >= 4 is 5.91 Å². The SMILES string of the molecule is C[C@H](C(=O)N1CCN(C)C[C@@H]1c1ccccc1)n1ccnc1. The first-order chi connectivity index (χ1) is 10.7. The van der Waals surface area contributed by atoms with E-state index in [0.717, 1.165) is 19.6 Å². The van der Waals surface area contributed by atoms with Gasteiger partial charge < -0.3 is 14.4 Å². The summed E-state index contributed by atoms with van der Waals surface area (Å²) in [7, 11) is 2.11. The standard InChI is InChI=1S/C17H22N4O/c1-14(20-9-8-18-13-20)17(22)21-11-10-19(2)12-16(21)15-6-4-3-5-7-15/h3-9,13-14,16H,10-12H2,1-2H3/t14-,16-/m1/s1. The first-order valence-corrected chi connectivity index (χ1v) is 7.68. The molecule has 0 spiro atoms. The first-order valence-electron chi connectivity index (χ1n) is 7.68. The van der Waals surface area contributed by atoms with Crippen LogP contribution in [0, 0.1) is 0 Å². The van der Waals surface area contributed by atoms with Crippen LogP contribution in [0.4, 0.5) is 0 Å². The number of imidazole rings is 1. The van der Waals surface area contributed by atoms with Crippen molar-refractivity contribution in [2.75, 3.05) is 26.7 Å². The molecule has 1 amide bonds. The lowest BCUT2D eigenvalue weighted by Crippen LogP contribution is -2.50. The Bertz CT molecular complexity index is 611. The predicted molar refractivity (Wildman–Crippen MR) is 85.3 cm³/mol. The highest BCUT2D eigenvalue weighted by atomic mass is 16.2. The highest BCUT2D eigenvalue weighted by Crippen LogP contribution is 2.27. The van der Waals surface area contributed by atoms with Crippen molar-refractivity contribution in [3.8, 4) is 0 Å². The number of rotatable bonds is 3. The summed E-state index contributed by atoms with van der Waals surface area (Å²) in [4.78, 5) is 21.3. The smallest absolute Gasteiger partial charge is 0.245 e. The lowest BCUT2D eigenvalue weighted by molar-refractivity contribution is -0.139. The molecule has 5 nitrogen and oxygen atoms in total. The minimum absolute atomic E-state index is 0.110. The Morgan fingerprint density at radius 2 is 2.05 bits per heavy atom. The summed E-state index contributed by atoms with van der Waals surface area (Å²) < 4.78 is 1.86. The number of nitrogens with zero attached hydrogens (tertiary/aromatic N) is 4. The summed E-state index contributed by atoms with van der Waals surface area (Å²) in [6.45, 7) is 4.47. The van der Waals surface area contributed by atoms with Crippen LogP contribution in [0.1, 0.15) is 24.6 Å². The van der Waals surface area contributed by atoms with Crippen molar-refractivity contribution in [1.29, 1.82) is 0 Å². The number of hydrogen-bond acceptors (Lipinski definition) is 3. The number of carbonyl (C=O) groups excluding carboxylic acids is 1. The molecule has 1 fully saturated rings. The summed E-state index contributed by atoms with van der Waals surface area (Å²) in [5.74, 6) is 0.153. The second-order valence-electron chi connectivity index (χ2n) is 5.91. The van der Waals surface area contributed by atoms with E-state index < -0.39 is 0 Å². The van der Waals surface area contributed by atoms with E-state index in [1.807, 2.05) is 40.8 Å². The maximum absolute atomic E-state index is 12.9.